The Hall–Kier alpha value is -0.300. The molecule has 1 unspecified atom stereocenters. The fourth-order valence-corrected chi connectivity index (χ4v) is 9.90. The molecule has 0 aromatic heterocycles. The van der Waals surface area contributed by atoms with Crippen molar-refractivity contribution in [1.29, 1.82) is 0 Å². The van der Waals surface area contributed by atoms with Gasteiger partial charge in [-0.2, -0.15) is 0 Å². The zero-order valence-electron chi connectivity index (χ0n) is 21.7. The lowest BCUT2D eigenvalue weighted by molar-refractivity contribution is -0.148. The van der Waals surface area contributed by atoms with Crippen LogP contribution in [-0.4, -0.2) is 11.2 Å². The van der Waals surface area contributed by atoms with E-state index >= 15 is 0 Å². The van der Waals surface area contributed by atoms with Crippen molar-refractivity contribution in [3.05, 3.63) is 12.2 Å². The first-order chi connectivity index (χ1) is 14.6. The van der Waals surface area contributed by atoms with Crippen molar-refractivity contribution in [2.45, 2.75) is 112 Å². The summed E-state index contributed by atoms with van der Waals surface area (Å²) in [5.41, 5.74) is 1.03. The summed E-state index contributed by atoms with van der Waals surface area (Å²) in [5.74, 6) is 7.14. The number of allylic oxidation sites excluding steroid dienone is 2. The number of hydrogen-bond donors (Lipinski definition) is 1. The number of rotatable bonds is 5. The zero-order valence-corrected chi connectivity index (χ0v) is 21.7. The van der Waals surface area contributed by atoms with Crippen LogP contribution in [0.2, 0.25) is 0 Å². The minimum absolute atomic E-state index is 0.0511. The third kappa shape index (κ3) is 3.87. The van der Waals surface area contributed by atoms with Gasteiger partial charge < -0.3 is 5.11 Å². The highest BCUT2D eigenvalue weighted by Crippen LogP contribution is 2.68. The van der Waals surface area contributed by atoms with Crippen molar-refractivity contribution in [2.75, 3.05) is 0 Å². The second-order valence-electron chi connectivity index (χ2n) is 13.3. The van der Waals surface area contributed by atoms with Crippen molar-refractivity contribution in [3.63, 3.8) is 0 Å². The summed E-state index contributed by atoms with van der Waals surface area (Å²) in [6.07, 6.45) is 17.3. The molecular weight excluding hydrogens is 376 g/mol. The fraction of sp³-hybridized carbons (Fsp3) is 0.933. The molecule has 0 bridgehead atoms. The molecule has 0 aromatic rings. The maximum atomic E-state index is 10.5. The summed E-state index contributed by atoms with van der Waals surface area (Å²) < 4.78 is 0. The molecule has 1 N–H and O–H groups in total. The molecule has 0 amide bonds. The first-order valence-electron chi connectivity index (χ1n) is 14.0. The van der Waals surface area contributed by atoms with Gasteiger partial charge in [0.05, 0.1) is 6.10 Å². The highest BCUT2D eigenvalue weighted by Gasteiger charge is 2.61. The molecule has 4 aliphatic rings. The van der Waals surface area contributed by atoms with Gasteiger partial charge >= 0.3 is 0 Å². The van der Waals surface area contributed by atoms with E-state index in [0.717, 1.165) is 53.8 Å². The van der Waals surface area contributed by atoms with Crippen LogP contribution in [0.15, 0.2) is 12.2 Å². The summed E-state index contributed by atoms with van der Waals surface area (Å²) in [7, 11) is 0. The Bertz CT molecular complexity index is 651. The van der Waals surface area contributed by atoms with Gasteiger partial charge in [0.25, 0.3) is 0 Å². The summed E-state index contributed by atoms with van der Waals surface area (Å²) >= 11 is 0. The van der Waals surface area contributed by atoms with Gasteiger partial charge in [0.2, 0.25) is 0 Å². The lowest BCUT2D eigenvalue weighted by Crippen LogP contribution is -2.56. The molecule has 0 saturated heterocycles. The Kier molecular flexibility index (Phi) is 6.78. The van der Waals surface area contributed by atoms with Crippen LogP contribution >= 0.6 is 0 Å². The maximum Gasteiger partial charge on any atom is 0.0568 e. The van der Waals surface area contributed by atoms with Crippen LogP contribution in [0.25, 0.3) is 0 Å². The minimum atomic E-state index is -0.0511. The van der Waals surface area contributed by atoms with Crippen LogP contribution in [0.5, 0.6) is 0 Å². The SMILES string of the molecule is CC[C@H](C=C[C@@H](C)[C@H]1CC[C@H]2[C@@H]3CCC4[C@H](C)[C@H](O)CC[C@]4(C)[C@H]3CC[C@]12C)C(C)C. The Morgan fingerprint density at radius 1 is 0.839 bits per heavy atom. The second-order valence-corrected chi connectivity index (χ2v) is 13.3. The molecular formula is C30H52O. The first kappa shape index (κ1) is 23.8. The highest BCUT2D eigenvalue weighted by molar-refractivity contribution is 5.12. The molecule has 1 heteroatoms. The lowest BCUT2D eigenvalue weighted by atomic mass is 9.43. The molecule has 0 spiro atoms. The van der Waals surface area contributed by atoms with E-state index in [-0.39, 0.29) is 6.10 Å². The van der Waals surface area contributed by atoms with E-state index in [9.17, 15) is 5.11 Å². The molecule has 4 aliphatic carbocycles. The normalized spacial score (nSPS) is 49.5. The number of aliphatic hydroxyl groups excluding tert-OH is 1. The first-order valence-corrected chi connectivity index (χ1v) is 14.0. The molecule has 11 atom stereocenters. The Labute approximate surface area is 193 Å². The Morgan fingerprint density at radius 3 is 2.16 bits per heavy atom. The molecule has 0 heterocycles. The number of fused-ring (bicyclic) bond motifs is 5. The molecule has 0 aromatic carbocycles. The molecule has 4 rings (SSSR count). The predicted octanol–water partition coefficient (Wildman–Crippen LogP) is 8.13. The van der Waals surface area contributed by atoms with Crippen molar-refractivity contribution in [3.8, 4) is 0 Å². The molecule has 31 heavy (non-hydrogen) atoms. The Morgan fingerprint density at radius 2 is 1.48 bits per heavy atom. The smallest absolute Gasteiger partial charge is 0.0568 e. The Balaban J connectivity index is 1.51. The van der Waals surface area contributed by atoms with E-state index in [1.54, 1.807) is 0 Å². The second kappa shape index (κ2) is 8.81. The van der Waals surface area contributed by atoms with Gasteiger partial charge in [-0.25, -0.2) is 0 Å². The maximum absolute atomic E-state index is 10.5. The van der Waals surface area contributed by atoms with Crippen molar-refractivity contribution < 1.29 is 5.11 Å². The summed E-state index contributed by atoms with van der Waals surface area (Å²) in [6, 6.07) is 0. The van der Waals surface area contributed by atoms with Crippen LogP contribution in [0.1, 0.15) is 106 Å². The van der Waals surface area contributed by atoms with Gasteiger partial charge in [0, 0.05) is 0 Å². The van der Waals surface area contributed by atoms with E-state index < -0.39 is 0 Å². The molecule has 4 fully saturated rings. The van der Waals surface area contributed by atoms with E-state index in [1.165, 1.54) is 51.4 Å². The lowest BCUT2D eigenvalue weighted by Gasteiger charge is -2.62. The topological polar surface area (TPSA) is 20.2 Å². The summed E-state index contributed by atoms with van der Waals surface area (Å²) in [6.45, 7) is 17.3. The number of hydrogen-bond acceptors (Lipinski definition) is 1. The quantitative estimate of drug-likeness (QED) is 0.438. The minimum Gasteiger partial charge on any atom is -0.393 e. The monoisotopic (exact) mass is 428 g/mol. The average Bonchev–Trinajstić information content (AvgIpc) is 3.08. The van der Waals surface area contributed by atoms with Crippen molar-refractivity contribution in [1.82, 2.24) is 0 Å². The third-order valence-electron chi connectivity index (χ3n) is 11.9. The van der Waals surface area contributed by atoms with E-state index in [2.05, 4.69) is 60.6 Å². The van der Waals surface area contributed by atoms with Crippen molar-refractivity contribution >= 4 is 0 Å². The van der Waals surface area contributed by atoms with Gasteiger partial charge in [-0.15, -0.1) is 0 Å². The molecule has 178 valence electrons. The number of aliphatic hydroxyl groups is 1. The predicted molar refractivity (Wildman–Crippen MR) is 133 cm³/mol. The molecule has 4 saturated carbocycles. The zero-order chi connectivity index (χ0) is 22.6. The van der Waals surface area contributed by atoms with E-state index in [1.807, 2.05) is 0 Å². The fourth-order valence-electron chi connectivity index (χ4n) is 9.90. The van der Waals surface area contributed by atoms with Gasteiger partial charge in [-0.05, 0) is 122 Å². The summed E-state index contributed by atoms with van der Waals surface area (Å²) in [5, 5.41) is 10.5. The third-order valence-corrected chi connectivity index (χ3v) is 11.9. The molecule has 0 radical (unpaired) electrons. The van der Waals surface area contributed by atoms with Gasteiger partial charge in [0.1, 0.15) is 0 Å². The average molecular weight is 429 g/mol. The van der Waals surface area contributed by atoms with Crippen molar-refractivity contribution in [2.24, 2.45) is 64.1 Å². The molecule has 0 aliphatic heterocycles. The van der Waals surface area contributed by atoms with E-state index in [0.29, 0.717) is 16.7 Å². The van der Waals surface area contributed by atoms with Crippen LogP contribution < -0.4 is 0 Å². The highest BCUT2D eigenvalue weighted by atomic mass is 16.3. The van der Waals surface area contributed by atoms with Gasteiger partial charge in [0.15, 0.2) is 0 Å². The standard InChI is InChI=1S/C30H52O/c1-8-22(19(2)3)10-9-20(4)24-13-14-26-23-11-12-25-21(5)28(31)16-18-30(25,7)27(23)15-17-29(24,26)6/h9-10,19-28,31H,8,11-18H2,1-7H3/t20-,21+,22-,23+,24-,25?,26+,27+,28-,29-,30+/m1/s1. The van der Waals surface area contributed by atoms with Crippen LogP contribution in [0.3, 0.4) is 0 Å². The van der Waals surface area contributed by atoms with Gasteiger partial charge in [-0.3, -0.25) is 0 Å². The summed E-state index contributed by atoms with van der Waals surface area (Å²) in [4.78, 5) is 0. The van der Waals surface area contributed by atoms with Crippen LogP contribution in [0, 0.1) is 64.1 Å². The van der Waals surface area contributed by atoms with Crippen LogP contribution in [-0.2, 0) is 0 Å². The van der Waals surface area contributed by atoms with E-state index in [4.69, 9.17) is 0 Å². The van der Waals surface area contributed by atoms with Gasteiger partial charge in [-0.1, -0.05) is 60.6 Å². The van der Waals surface area contributed by atoms with Crippen LogP contribution in [0.4, 0.5) is 0 Å². The largest absolute Gasteiger partial charge is 0.393 e. The molecule has 1 nitrogen and oxygen atoms in total.